The first-order valence-electron chi connectivity index (χ1n) is 10.4. The van der Waals surface area contributed by atoms with Crippen LogP contribution >= 0.6 is 0 Å². The standard InChI is InChI=1S/C21H26F3N5O/c22-21(23,24)18(15-9-5-2-6-10-15)26-17(14-7-3-1-4-8-14)16-13-29(28-27-16)20(11-12-20)19(25)30/h2,5-6,9-10,13-14,17-18,26H,1,3-4,7-8,11-12H2,(H2,25,30). The Morgan fingerprint density at radius 2 is 1.83 bits per heavy atom. The van der Waals surface area contributed by atoms with E-state index < -0.39 is 29.7 Å². The van der Waals surface area contributed by atoms with E-state index in [1.54, 1.807) is 24.4 Å². The summed E-state index contributed by atoms with van der Waals surface area (Å²) in [5.41, 5.74) is 5.22. The van der Waals surface area contributed by atoms with Gasteiger partial charge >= 0.3 is 6.18 Å². The minimum atomic E-state index is -4.46. The number of aromatic nitrogens is 3. The molecular weight excluding hydrogens is 395 g/mol. The zero-order valence-corrected chi connectivity index (χ0v) is 16.6. The summed E-state index contributed by atoms with van der Waals surface area (Å²) in [6.07, 6.45) is 2.97. The second-order valence-corrected chi connectivity index (χ2v) is 8.41. The van der Waals surface area contributed by atoms with Crippen LogP contribution in [0.5, 0.6) is 0 Å². The molecule has 6 nitrogen and oxygen atoms in total. The topological polar surface area (TPSA) is 85.8 Å². The first-order valence-corrected chi connectivity index (χ1v) is 10.4. The van der Waals surface area contributed by atoms with Crippen molar-refractivity contribution in [2.75, 3.05) is 0 Å². The van der Waals surface area contributed by atoms with E-state index in [9.17, 15) is 18.0 Å². The third-order valence-corrected chi connectivity index (χ3v) is 6.38. The molecule has 4 rings (SSSR count). The number of hydrogen-bond donors (Lipinski definition) is 2. The predicted octanol–water partition coefficient (Wildman–Crippen LogP) is 3.77. The number of hydrogen-bond acceptors (Lipinski definition) is 4. The largest absolute Gasteiger partial charge is 0.407 e. The van der Waals surface area contributed by atoms with E-state index in [4.69, 9.17) is 5.73 Å². The molecule has 2 fully saturated rings. The summed E-state index contributed by atoms with van der Waals surface area (Å²) in [7, 11) is 0. The van der Waals surface area contributed by atoms with Gasteiger partial charge < -0.3 is 5.73 Å². The molecule has 2 unspecified atom stereocenters. The summed E-state index contributed by atoms with van der Waals surface area (Å²) < 4.78 is 43.4. The van der Waals surface area contributed by atoms with Crippen molar-refractivity contribution in [3.63, 3.8) is 0 Å². The number of nitrogens with two attached hydrogens (primary N) is 1. The molecule has 0 aliphatic heterocycles. The highest BCUT2D eigenvalue weighted by atomic mass is 19.4. The number of carbonyl (C=O) groups is 1. The number of amides is 1. The van der Waals surface area contributed by atoms with E-state index in [-0.39, 0.29) is 11.5 Å². The quantitative estimate of drug-likeness (QED) is 0.713. The normalized spacial score (nSPS) is 21.2. The van der Waals surface area contributed by atoms with Crippen molar-refractivity contribution in [3.8, 4) is 0 Å². The summed E-state index contributed by atoms with van der Waals surface area (Å²) in [4.78, 5) is 11.8. The van der Waals surface area contributed by atoms with Crippen LogP contribution in [0.3, 0.4) is 0 Å². The zero-order valence-electron chi connectivity index (χ0n) is 16.6. The van der Waals surface area contributed by atoms with Gasteiger partial charge in [-0.1, -0.05) is 54.8 Å². The van der Waals surface area contributed by atoms with Gasteiger partial charge in [-0.05, 0) is 37.2 Å². The SMILES string of the molecule is NC(=O)C1(n2cc(C(NC(c3ccccc3)C(F)(F)F)C3CCCCC3)nn2)CC1. The second-order valence-electron chi connectivity index (χ2n) is 8.41. The van der Waals surface area contributed by atoms with E-state index >= 15 is 0 Å². The van der Waals surface area contributed by atoms with Crippen LogP contribution in [0.15, 0.2) is 36.5 Å². The van der Waals surface area contributed by atoms with Gasteiger partial charge in [-0.15, -0.1) is 5.10 Å². The highest BCUT2D eigenvalue weighted by Gasteiger charge is 2.52. The first-order chi connectivity index (χ1) is 14.3. The fourth-order valence-electron chi connectivity index (χ4n) is 4.47. The molecule has 0 bridgehead atoms. The Labute approximate surface area is 173 Å². The van der Waals surface area contributed by atoms with E-state index in [0.29, 0.717) is 18.5 Å². The van der Waals surface area contributed by atoms with Crippen molar-refractivity contribution in [1.82, 2.24) is 20.3 Å². The molecule has 2 aromatic rings. The number of carbonyl (C=O) groups excluding carboxylic acids is 1. The number of nitrogens with zero attached hydrogens (tertiary/aromatic N) is 3. The van der Waals surface area contributed by atoms with Gasteiger partial charge in [0.1, 0.15) is 11.6 Å². The number of nitrogens with one attached hydrogen (secondary N) is 1. The van der Waals surface area contributed by atoms with E-state index in [2.05, 4.69) is 15.6 Å². The predicted molar refractivity (Wildman–Crippen MR) is 104 cm³/mol. The van der Waals surface area contributed by atoms with Gasteiger partial charge in [0, 0.05) is 0 Å². The van der Waals surface area contributed by atoms with Crippen molar-refractivity contribution in [2.24, 2.45) is 11.7 Å². The molecule has 1 heterocycles. The van der Waals surface area contributed by atoms with Crippen LogP contribution in [-0.2, 0) is 10.3 Å². The molecule has 0 saturated heterocycles. The van der Waals surface area contributed by atoms with E-state index in [1.807, 2.05) is 0 Å². The third-order valence-electron chi connectivity index (χ3n) is 6.38. The fraction of sp³-hybridized carbons (Fsp3) is 0.571. The Kier molecular flexibility index (Phi) is 5.57. The minimum absolute atomic E-state index is 0.0150. The Balaban J connectivity index is 1.66. The summed E-state index contributed by atoms with van der Waals surface area (Å²) in [6, 6.07) is 5.42. The highest BCUT2D eigenvalue weighted by Crippen LogP contribution is 2.44. The average Bonchev–Trinajstić information content (AvgIpc) is 3.41. The maximum absolute atomic E-state index is 14.0. The molecule has 2 aliphatic rings. The summed E-state index contributed by atoms with van der Waals surface area (Å²) in [5, 5.41) is 11.1. The average molecular weight is 421 g/mol. The van der Waals surface area contributed by atoms with Gasteiger partial charge in [-0.25, -0.2) is 4.68 Å². The summed E-state index contributed by atoms with van der Waals surface area (Å²) in [5.74, 6) is -0.472. The molecule has 1 amide bonds. The molecule has 1 aromatic carbocycles. The van der Waals surface area contributed by atoms with Crippen molar-refractivity contribution in [1.29, 1.82) is 0 Å². The smallest absolute Gasteiger partial charge is 0.368 e. The monoisotopic (exact) mass is 421 g/mol. The Morgan fingerprint density at radius 3 is 2.40 bits per heavy atom. The number of primary amides is 1. The molecule has 2 atom stereocenters. The second kappa shape index (κ2) is 8.02. The molecule has 2 aliphatic carbocycles. The molecule has 2 saturated carbocycles. The van der Waals surface area contributed by atoms with Crippen LogP contribution in [0.25, 0.3) is 0 Å². The number of halogens is 3. The maximum atomic E-state index is 14.0. The molecule has 0 radical (unpaired) electrons. The lowest BCUT2D eigenvalue weighted by Gasteiger charge is -2.34. The number of benzene rings is 1. The number of rotatable bonds is 7. The molecule has 30 heavy (non-hydrogen) atoms. The third kappa shape index (κ3) is 4.08. The maximum Gasteiger partial charge on any atom is 0.407 e. The van der Waals surface area contributed by atoms with Crippen molar-refractivity contribution in [3.05, 3.63) is 47.8 Å². The lowest BCUT2D eigenvalue weighted by molar-refractivity contribution is -0.161. The Hall–Kier alpha value is -2.42. The van der Waals surface area contributed by atoms with Crippen LogP contribution in [-0.4, -0.2) is 27.1 Å². The molecule has 9 heteroatoms. The first kappa shape index (κ1) is 20.8. The lowest BCUT2D eigenvalue weighted by Crippen LogP contribution is -2.40. The van der Waals surface area contributed by atoms with Crippen molar-refractivity contribution >= 4 is 5.91 Å². The Morgan fingerprint density at radius 1 is 1.17 bits per heavy atom. The van der Waals surface area contributed by atoms with Gasteiger partial charge in [-0.3, -0.25) is 10.1 Å². The molecule has 162 valence electrons. The van der Waals surface area contributed by atoms with Crippen molar-refractivity contribution < 1.29 is 18.0 Å². The molecule has 0 spiro atoms. The molecule has 3 N–H and O–H groups in total. The number of alkyl halides is 3. The van der Waals surface area contributed by atoms with Gasteiger partial charge in [-0.2, -0.15) is 13.2 Å². The molecule has 1 aromatic heterocycles. The van der Waals surface area contributed by atoms with Gasteiger partial charge in [0.05, 0.1) is 17.9 Å². The van der Waals surface area contributed by atoms with Crippen LogP contribution in [0.2, 0.25) is 0 Å². The van der Waals surface area contributed by atoms with Crippen molar-refractivity contribution in [2.45, 2.75) is 68.7 Å². The fourth-order valence-corrected chi connectivity index (χ4v) is 4.47. The van der Waals surface area contributed by atoms with Crippen LogP contribution in [0.1, 0.15) is 68.3 Å². The van der Waals surface area contributed by atoms with E-state index in [1.165, 1.54) is 16.8 Å². The lowest BCUT2D eigenvalue weighted by atomic mass is 9.82. The van der Waals surface area contributed by atoms with E-state index in [0.717, 1.165) is 32.1 Å². The van der Waals surface area contributed by atoms with Crippen LogP contribution in [0, 0.1) is 5.92 Å². The van der Waals surface area contributed by atoms with Gasteiger partial charge in [0.15, 0.2) is 0 Å². The van der Waals surface area contributed by atoms with Gasteiger partial charge in [0.2, 0.25) is 5.91 Å². The highest BCUT2D eigenvalue weighted by molar-refractivity contribution is 5.85. The van der Waals surface area contributed by atoms with Gasteiger partial charge in [0.25, 0.3) is 0 Å². The van der Waals surface area contributed by atoms with Crippen LogP contribution < -0.4 is 11.1 Å². The minimum Gasteiger partial charge on any atom is -0.368 e. The van der Waals surface area contributed by atoms with Crippen LogP contribution in [0.4, 0.5) is 13.2 Å². The zero-order chi connectivity index (χ0) is 21.4. The summed E-state index contributed by atoms with van der Waals surface area (Å²) >= 11 is 0. The summed E-state index contributed by atoms with van der Waals surface area (Å²) in [6.45, 7) is 0. The molecular formula is C21H26F3N5O. The Bertz CT molecular complexity index is 872.